The number of thiocarbonyl (C=S) groups is 1. The normalized spacial score (nSPS) is 15.5. The Kier molecular flexibility index (Phi) is 6.78. The highest BCUT2D eigenvalue weighted by atomic mass is 35.5. The lowest BCUT2D eigenvalue weighted by atomic mass is 10.0. The van der Waals surface area contributed by atoms with Crippen molar-refractivity contribution in [2.45, 2.75) is 12.8 Å². The fourth-order valence-corrected chi connectivity index (χ4v) is 4.58. The Morgan fingerprint density at radius 1 is 1.21 bits per heavy atom. The molecule has 0 bridgehead atoms. The van der Waals surface area contributed by atoms with Gasteiger partial charge in [-0.05, 0) is 41.8 Å². The molecule has 1 fully saturated rings. The molecule has 144 valence electrons. The quantitative estimate of drug-likeness (QED) is 0.448. The molecule has 0 saturated carbocycles. The van der Waals surface area contributed by atoms with E-state index < -0.39 is 5.97 Å². The Morgan fingerprint density at radius 2 is 2.00 bits per heavy atom. The van der Waals surface area contributed by atoms with Crippen LogP contribution in [0.2, 0.25) is 10.0 Å². The second-order valence-corrected chi connectivity index (χ2v) is 8.60. The van der Waals surface area contributed by atoms with Crippen LogP contribution in [-0.2, 0) is 9.59 Å². The zero-order chi connectivity index (χ0) is 20.3. The van der Waals surface area contributed by atoms with Gasteiger partial charge >= 0.3 is 5.97 Å². The van der Waals surface area contributed by atoms with E-state index in [-0.39, 0.29) is 12.3 Å². The number of carbonyl (C=O) groups is 2. The third-order valence-corrected chi connectivity index (χ3v) is 6.00. The van der Waals surface area contributed by atoms with Crippen molar-refractivity contribution in [1.82, 2.24) is 4.90 Å². The molecule has 8 heteroatoms. The van der Waals surface area contributed by atoms with Gasteiger partial charge in [-0.15, -0.1) is 0 Å². The highest BCUT2D eigenvalue weighted by Crippen LogP contribution is 2.34. The average molecular weight is 452 g/mol. The van der Waals surface area contributed by atoms with E-state index in [0.29, 0.717) is 32.2 Å². The topological polar surface area (TPSA) is 57.6 Å². The van der Waals surface area contributed by atoms with E-state index in [1.807, 2.05) is 30.3 Å². The summed E-state index contributed by atoms with van der Waals surface area (Å²) in [6, 6.07) is 13.0. The van der Waals surface area contributed by atoms with Crippen molar-refractivity contribution < 1.29 is 14.7 Å². The largest absolute Gasteiger partial charge is 0.481 e. The molecule has 1 heterocycles. The Balaban J connectivity index is 1.81. The monoisotopic (exact) mass is 451 g/mol. The van der Waals surface area contributed by atoms with E-state index in [9.17, 15) is 9.59 Å². The van der Waals surface area contributed by atoms with E-state index in [2.05, 4.69) is 0 Å². The van der Waals surface area contributed by atoms with Crippen molar-refractivity contribution in [1.29, 1.82) is 0 Å². The lowest BCUT2D eigenvalue weighted by Crippen LogP contribution is -2.29. The van der Waals surface area contributed by atoms with Crippen LogP contribution in [0.3, 0.4) is 0 Å². The minimum absolute atomic E-state index is 0.00000437. The van der Waals surface area contributed by atoms with Crippen LogP contribution >= 0.6 is 47.2 Å². The van der Waals surface area contributed by atoms with Crippen molar-refractivity contribution in [3.63, 3.8) is 0 Å². The number of aliphatic carboxylic acids is 1. The summed E-state index contributed by atoms with van der Waals surface area (Å²) in [5.41, 5.74) is 2.60. The summed E-state index contributed by atoms with van der Waals surface area (Å²) in [7, 11) is 0. The molecule has 28 heavy (non-hydrogen) atoms. The average Bonchev–Trinajstić information content (AvgIpc) is 2.89. The molecule has 3 rings (SSSR count). The maximum Gasteiger partial charge on any atom is 0.303 e. The van der Waals surface area contributed by atoms with Crippen molar-refractivity contribution in [3.05, 3.63) is 63.0 Å². The number of carbonyl (C=O) groups excluding carboxylic acids is 1. The molecule has 4 nitrogen and oxygen atoms in total. The van der Waals surface area contributed by atoms with Crippen molar-refractivity contribution >= 4 is 69.5 Å². The van der Waals surface area contributed by atoms with Gasteiger partial charge in [-0.1, -0.05) is 71.4 Å². The molecule has 0 spiro atoms. The number of halogens is 2. The van der Waals surface area contributed by atoms with Crippen molar-refractivity contribution in [2.24, 2.45) is 0 Å². The fraction of sp³-hybridized carbons (Fsp3) is 0.150. The van der Waals surface area contributed by atoms with Crippen LogP contribution in [0, 0.1) is 0 Å². The maximum atomic E-state index is 12.6. The summed E-state index contributed by atoms with van der Waals surface area (Å²) < 4.78 is 0.443. The Bertz CT molecular complexity index is 991. The first kappa shape index (κ1) is 20.9. The van der Waals surface area contributed by atoms with Crippen molar-refractivity contribution in [2.75, 3.05) is 6.54 Å². The highest BCUT2D eigenvalue weighted by Gasteiger charge is 2.31. The van der Waals surface area contributed by atoms with Gasteiger partial charge in [-0.3, -0.25) is 14.5 Å². The molecular weight excluding hydrogens is 437 g/mol. The van der Waals surface area contributed by atoms with Crippen LogP contribution in [0.5, 0.6) is 0 Å². The number of benzene rings is 2. The van der Waals surface area contributed by atoms with Gasteiger partial charge in [0, 0.05) is 28.6 Å². The maximum absolute atomic E-state index is 12.6. The summed E-state index contributed by atoms with van der Waals surface area (Å²) in [5, 5.41) is 9.87. The lowest BCUT2D eigenvalue weighted by molar-refractivity contribution is -0.137. The van der Waals surface area contributed by atoms with E-state index >= 15 is 0 Å². The summed E-state index contributed by atoms with van der Waals surface area (Å²) in [4.78, 5) is 25.2. The van der Waals surface area contributed by atoms with E-state index in [4.69, 9.17) is 40.5 Å². The van der Waals surface area contributed by atoms with Gasteiger partial charge in [-0.25, -0.2) is 0 Å². The summed E-state index contributed by atoms with van der Waals surface area (Å²) >= 11 is 18.7. The fourth-order valence-electron chi connectivity index (χ4n) is 2.75. The SMILES string of the molecule is O=C(O)CCCN1C(=O)C(=Cc2cccc(-c3ccc(Cl)cc3Cl)c2)SC1=S. The number of hydrogen-bond donors (Lipinski definition) is 1. The Hall–Kier alpha value is -1.86. The number of carboxylic acids is 1. The van der Waals surface area contributed by atoms with Crippen LogP contribution < -0.4 is 0 Å². The van der Waals surface area contributed by atoms with Gasteiger partial charge in [0.05, 0.1) is 4.91 Å². The van der Waals surface area contributed by atoms with Crippen LogP contribution in [0.4, 0.5) is 0 Å². The van der Waals surface area contributed by atoms with Gasteiger partial charge in [0.2, 0.25) is 0 Å². The van der Waals surface area contributed by atoms with Gasteiger partial charge in [0.15, 0.2) is 0 Å². The van der Waals surface area contributed by atoms with Crippen LogP contribution in [0.1, 0.15) is 18.4 Å². The molecule has 1 saturated heterocycles. The van der Waals surface area contributed by atoms with E-state index in [1.165, 1.54) is 16.7 Å². The molecule has 1 amide bonds. The second-order valence-electron chi connectivity index (χ2n) is 6.08. The molecule has 1 N–H and O–H groups in total. The molecule has 1 aliphatic rings. The lowest BCUT2D eigenvalue weighted by Gasteiger charge is -2.13. The minimum Gasteiger partial charge on any atom is -0.481 e. The number of rotatable bonds is 6. The van der Waals surface area contributed by atoms with Gasteiger partial charge in [0.1, 0.15) is 4.32 Å². The van der Waals surface area contributed by atoms with Crippen LogP contribution in [0.15, 0.2) is 47.4 Å². The zero-order valence-electron chi connectivity index (χ0n) is 14.5. The van der Waals surface area contributed by atoms with Gasteiger partial charge in [0.25, 0.3) is 5.91 Å². The predicted octanol–water partition coefficient (Wildman–Crippen LogP) is 5.73. The molecule has 0 unspecified atom stereocenters. The summed E-state index contributed by atoms with van der Waals surface area (Å²) in [6.07, 6.45) is 2.14. The third-order valence-electron chi connectivity index (χ3n) is 4.07. The Labute approximate surface area is 182 Å². The van der Waals surface area contributed by atoms with Crippen LogP contribution in [0.25, 0.3) is 17.2 Å². The molecule has 0 atom stereocenters. The van der Waals surface area contributed by atoms with Gasteiger partial charge < -0.3 is 5.11 Å². The van der Waals surface area contributed by atoms with E-state index in [1.54, 1.807) is 18.2 Å². The van der Waals surface area contributed by atoms with Crippen molar-refractivity contribution in [3.8, 4) is 11.1 Å². The number of carboxylic acid groups (broad SMARTS) is 1. The zero-order valence-corrected chi connectivity index (χ0v) is 17.7. The first-order chi connectivity index (χ1) is 13.3. The second kappa shape index (κ2) is 9.09. The van der Waals surface area contributed by atoms with E-state index in [0.717, 1.165) is 16.7 Å². The molecule has 2 aromatic rings. The summed E-state index contributed by atoms with van der Waals surface area (Å²) in [6.45, 7) is 0.300. The third kappa shape index (κ3) is 4.94. The molecule has 2 aromatic carbocycles. The molecule has 1 aliphatic heterocycles. The first-order valence-electron chi connectivity index (χ1n) is 8.38. The number of amides is 1. The highest BCUT2D eigenvalue weighted by molar-refractivity contribution is 8.26. The van der Waals surface area contributed by atoms with Crippen LogP contribution in [-0.4, -0.2) is 32.7 Å². The smallest absolute Gasteiger partial charge is 0.303 e. The minimum atomic E-state index is -0.890. The molecule has 0 radical (unpaired) electrons. The molecule has 0 aromatic heterocycles. The number of hydrogen-bond acceptors (Lipinski definition) is 4. The molecule has 0 aliphatic carbocycles. The summed E-state index contributed by atoms with van der Waals surface area (Å²) in [5.74, 6) is -1.09. The number of thioether (sulfide) groups is 1. The first-order valence-corrected chi connectivity index (χ1v) is 10.4. The number of nitrogens with zero attached hydrogens (tertiary/aromatic N) is 1. The van der Waals surface area contributed by atoms with Gasteiger partial charge in [-0.2, -0.15) is 0 Å². The predicted molar refractivity (Wildman–Crippen MR) is 119 cm³/mol. The molecular formula is C20H15Cl2NO3S2. The Morgan fingerprint density at radius 3 is 2.71 bits per heavy atom. The standard InChI is InChI=1S/C20H15Cl2NO3S2/c21-14-6-7-15(16(22)11-14)13-4-1-3-12(9-13)10-17-19(26)23(20(27)28-17)8-2-5-18(24)25/h1,3-4,6-7,9-11H,2,5,8H2,(H,24,25).